The Kier molecular flexibility index (Phi) is 6.97. The van der Waals surface area contributed by atoms with E-state index in [4.69, 9.17) is 14.2 Å². The molecule has 1 aliphatic heterocycles. The molecule has 8 heteroatoms. The lowest BCUT2D eigenvalue weighted by Crippen LogP contribution is -2.43. The quantitative estimate of drug-likeness (QED) is 0.700. The van der Waals surface area contributed by atoms with Crippen LogP contribution in [0.4, 0.5) is 0 Å². The zero-order valence-electron chi connectivity index (χ0n) is 16.6. The van der Waals surface area contributed by atoms with Gasteiger partial charge in [0.1, 0.15) is 0 Å². The fourth-order valence-electron chi connectivity index (χ4n) is 3.41. The number of rotatable bonds is 7. The molecule has 0 atom stereocenters. The number of methoxy groups -OCH3 is 3. The number of likely N-dealkylation sites (tertiary alicyclic amines) is 1. The van der Waals surface area contributed by atoms with Gasteiger partial charge in [-0.25, -0.2) is 8.42 Å². The van der Waals surface area contributed by atoms with Crippen molar-refractivity contribution < 1.29 is 27.4 Å². The molecule has 1 fully saturated rings. The summed E-state index contributed by atoms with van der Waals surface area (Å²) in [6, 6.07) is 3.23. The molecule has 152 valence electrons. The molecule has 0 aliphatic carbocycles. The number of amides is 1. The summed E-state index contributed by atoms with van der Waals surface area (Å²) < 4.78 is 40.7. The van der Waals surface area contributed by atoms with Crippen molar-refractivity contribution in [2.45, 2.75) is 31.9 Å². The third-order valence-electron chi connectivity index (χ3n) is 4.71. The molecule has 2 rings (SSSR count). The van der Waals surface area contributed by atoms with Gasteiger partial charge in [-0.2, -0.15) is 0 Å². The van der Waals surface area contributed by atoms with E-state index in [2.05, 4.69) is 0 Å². The van der Waals surface area contributed by atoms with Gasteiger partial charge in [0, 0.05) is 18.7 Å². The van der Waals surface area contributed by atoms with Crippen molar-refractivity contribution in [1.82, 2.24) is 4.90 Å². The van der Waals surface area contributed by atoms with Gasteiger partial charge in [0.05, 0.1) is 32.3 Å². The number of carbonyl (C=O) groups excluding carboxylic acids is 1. The second-order valence-electron chi connectivity index (χ2n) is 7.13. The molecule has 0 aromatic heterocycles. The summed E-state index contributed by atoms with van der Waals surface area (Å²) in [5.74, 6) is 1.38. The average molecular weight is 400 g/mol. The minimum Gasteiger partial charge on any atom is -0.493 e. The fraction of sp³-hybridized carbons (Fsp3) is 0.632. The van der Waals surface area contributed by atoms with Gasteiger partial charge in [-0.3, -0.25) is 4.79 Å². The highest BCUT2D eigenvalue weighted by atomic mass is 32.2. The van der Waals surface area contributed by atoms with Crippen molar-refractivity contribution in [3.05, 3.63) is 17.7 Å². The predicted octanol–water partition coefficient (Wildman–Crippen LogP) is 2.39. The van der Waals surface area contributed by atoms with Crippen LogP contribution in [-0.2, 0) is 9.84 Å². The van der Waals surface area contributed by atoms with Gasteiger partial charge in [0.2, 0.25) is 5.75 Å². The van der Waals surface area contributed by atoms with Crippen molar-refractivity contribution in [2.24, 2.45) is 5.92 Å². The lowest BCUT2D eigenvalue weighted by atomic mass is 10.1. The highest BCUT2D eigenvalue weighted by Crippen LogP contribution is 2.38. The van der Waals surface area contributed by atoms with Gasteiger partial charge in [0.15, 0.2) is 21.3 Å². The zero-order valence-corrected chi connectivity index (χ0v) is 17.5. The first kappa shape index (κ1) is 21.3. The second kappa shape index (κ2) is 8.82. The molecule has 1 amide bonds. The Bertz CT molecular complexity index is 741. The van der Waals surface area contributed by atoms with E-state index in [1.807, 2.05) is 13.8 Å². The Morgan fingerprint density at radius 3 is 2.00 bits per heavy atom. The first-order valence-electron chi connectivity index (χ1n) is 9.04. The molecule has 1 heterocycles. The van der Waals surface area contributed by atoms with E-state index in [0.29, 0.717) is 48.7 Å². The Balaban J connectivity index is 2.14. The molecular weight excluding hydrogens is 370 g/mol. The summed E-state index contributed by atoms with van der Waals surface area (Å²) >= 11 is 0. The van der Waals surface area contributed by atoms with Crippen LogP contribution in [0.15, 0.2) is 12.1 Å². The topological polar surface area (TPSA) is 82.1 Å². The van der Waals surface area contributed by atoms with E-state index in [9.17, 15) is 13.2 Å². The van der Waals surface area contributed by atoms with Crippen LogP contribution in [0.25, 0.3) is 0 Å². The largest absolute Gasteiger partial charge is 0.493 e. The number of hydrogen-bond donors (Lipinski definition) is 0. The van der Waals surface area contributed by atoms with Gasteiger partial charge >= 0.3 is 0 Å². The third-order valence-corrected chi connectivity index (χ3v) is 7.33. The van der Waals surface area contributed by atoms with Crippen molar-refractivity contribution in [3.8, 4) is 17.2 Å². The number of benzene rings is 1. The summed E-state index contributed by atoms with van der Waals surface area (Å²) in [4.78, 5) is 14.6. The Labute approximate surface area is 161 Å². The minimum absolute atomic E-state index is 0.105. The van der Waals surface area contributed by atoms with E-state index in [-0.39, 0.29) is 22.8 Å². The van der Waals surface area contributed by atoms with Crippen LogP contribution in [0, 0.1) is 5.92 Å². The van der Waals surface area contributed by atoms with Crippen LogP contribution < -0.4 is 14.2 Å². The summed E-state index contributed by atoms with van der Waals surface area (Å²) in [7, 11) is 1.38. The number of sulfone groups is 1. The van der Waals surface area contributed by atoms with Crippen LogP contribution in [0.1, 0.15) is 37.0 Å². The van der Waals surface area contributed by atoms with Crippen molar-refractivity contribution in [2.75, 3.05) is 40.2 Å². The molecule has 1 aliphatic rings. The summed E-state index contributed by atoms with van der Waals surface area (Å²) in [6.45, 7) is 4.64. The highest BCUT2D eigenvalue weighted by Gasteiger charge is 2.32. The molecule has 1 aromatic carbocycles. The van der Waals surface area contributed by atoms with Crippen LogP contribution in [-0.4, -0.2) is 64.6 Å². The van der Waals surface area contributed by atoms with Gasteiger partial charge in [-0.1, -0.05) is 13.8 Å². The van der Waals surface area contributed by atoms with Gasteiger partial charge in [0.25, 0.3) is 5.91 Å². The molecule has 27 heavy (non-hydrogen) atoms. The van der Waals surface area contributed by atoms with Crippen molar-refractivity contribution in [3.63, 3.8) is 0 Å². The van der Waals surface area contributed by atoms with Crippen LogP contribution >= 0.6 is 0 Å². The Morgan fingerprint density at radius 2 is 1.59 bits per heavy atom. The molecule has 0 saturated carbocycles. The lowest BCUT2D eigenvalue weighted by Gasteiger charge is -2.32. The van der Waals surface area contributed by atoms with E-state index >= 15 is 0 Å². The molecule has 0 bridgehead atoms. The van der Waals surface area contributed by atoms with E-state index in [1.54, 1.807) is 17.0 Å². The predicted molar refractivity (Wildman–Crippen MR) is 104 cm³/mol. The number of ether oxygens (including phenoxy) is 3. The van der Waals surface area contributed by atoms with Crippen molar-refractivity contribution >= 4 is 15.7 Å². The Hall–Kier alpha value is -1.96. The third kappa shape index (κ3) is 4.86. The Morgan fingerprint density at radius 1 is 1.07 bits per heavy atom. The minimum atomic E-state index is -3.12. The smallest absolute Gasteiger partial charge is 0.254 e. The van der Waals surface area contributed by atoms with Crippen molar-refractivity contribution in [1.29, 1.82) is 0 Å². The van der Waals surface area contributed by atoms with Crippen LogP contribution in [0.5, 0.6) is 17.2 Å². The molecule has 0 unspecified atom stereocenters. The van der Waals surface area contributed by atoms with E-state index in [0.717, 1.165) is 0 Å². The lowest BCUT2D eigenvalue weighted by molar-refractivity contribution is 0.0724. The molecule has 1 aromatic rings. The van der Waals surface area contributed by atoms with E-state index < -0.39 is 9.84 Å². The van der Waals surface area contributed by atoms with Crippen LogP contribution in [0.3, 0.4) is 0 Å². The molecule has 0 N–H and O–H groups in total. The van der Waals surface area contributed by atoms with Gasteiger partial charge < -0.3 is 19.1 Å². The number of carbonyl (C=O) groups is 1. The standard InChI is InChI=1S/C19H29NO6S/c1-13(2)12-27(22,23)15-6-8-20(9-7-15)19(21)14-10-16(24-3)18(26-5)17(11-14)25-4/h10-11,13,15H,6-9,12H2,1-5H3. The number of nitrogens with zero attached hydrogens (tertiary/aromatic N) is 1. The fourth-order valence-corrected chi connectivity index (χ4v) is 5.54. The molecule has 7 nitrogen and oxygen atoms in total. The molecule has 1 saturated heterocycles. The molecular formula is C19H29NO6S. The first-order valence-corrected chi connectivity index (χ1v) is 10.8. The normalized spacial score (nSPS) is 15.7. The average Bonchev–Trinajstić information content (AvgIpc) is 2.65. The van der Waals surface area contributed by atoms with E-state index in [1.165, 1.54) is 21.3 Å². The zero-order chi connectivity index (χ0) is 20.2. The summed E-state index contributed by atoms with van der Waals surface area (Å²) in [5, 5.41) is -0.371. The second-order valence-corrected chi connectivity index (χ2v) is 9.45. The molecule has 0 radical (unpaired) electrons. The van der Waals surface area contributed by atoms with Crippen LogP contribution in [0.2, 0.25) is 0 Å². The summed E-state index contributed by atoms with van der Waals surface area (Å²) in [5.41, 5.74) is 0.424. The number of piperidine rings is 1. The maximum Gasteiger partial charge on any atom is 0.254 e. The maximum atomic E-state index is 12.9. The maximum absolute atomic E-state index is 12.9. The highest BCUT2D eigenvalue weighted by molar-refractivity contribution is 7.92. The van der Waals surface area contributed by atoms with Gasteiger partial charge in [-0.15, -0.1) is 0 Å². The first-order chi connectivity index (χ1) is 12.7. The van der Waals surface area contributed by atoms with Gasteiger partial charge in [-0.05, 0) is 30.9 Å². The molecule has 0 spiro atoms. The number of hydrogen-bond acceptors (Lipinski definition) is 6. The summed E-state index contributed by atoms with van der Waals surface area (Å²) in [6.07, 6.45) is 0.927. The monoisotopic (exact) mass is 399 g/mol. The SMILES string of the molecule is COc1cc(C(=O)N2CCC(S(=O)(=O)CC(C)C)CC2)cc(OC)c1OC.